The molecule has 1 N–H and O–H groups in total. The Hall–Kier alpha value is -0.660. The Morgan fingerprint density at radius 3 is 2.23 bits per heavy atom. The number of aliphatic hydroxyl groups is 1. The number of benzene rings is 1. The van der Waals surface area contributed by atoms with Gasteiger partial charge >= 0.3 is 0 Å². The zero-order chi connectivity index (χ0) is 16.2. The quantitative estimate of drug-likeness (QED) is 0.836. The molecule has 2 rings (SSSR count). The molecule has 0 bridgehead atoms. The normalized spacial score (nSPS) is 19.2. The Bertz CT molecular complexity index is 567. The van der Waals surface area contributed by atoms with Gasteiger partial charge in [-0.1, -0.05) is 11.6 Å². The van der Waals surface area contributed by atoms with E-state index in [1.165, 1.54) is 0 Å². The van der Waals surface area contributed by atoms with Crippen LogP contribution in [0.5, 0.6) is 0 Å². The van der Waals surface area contributed by atoms with E-state index in [1.54, 1.807) is 31.2 Å². The van der Waals surface area contributed by atoms with Gasteiger partial charge in [-0.3, -0.25) is 9.80 Å². The highest BCUT2D eigenvalue weighted by atomic mass is 35.5. The van der Waals surface area contributed by atoms with E-state index in [4.69, 9.17) is 11.6 Å². The van der Waals surface area contributed by atoms with Crippen LogP contribution in [0.4, 0.5) is 0 Å². The lowest BCUT2D eigenvalue weighted by atomic mass is 10.3. The number of nitrogens with zero attached hydrogens (tertiary/aromatic N) is 2. The molecule has 22 heavy (non-hydrogen) atoms. The minimum absolute atomic E-state index is 0.116. The summed E-state index contributed by atoms with van der Waals surface area (Å²) < 4.78 is 24.6. The van der Waals surface area contributed by atoms with Gasteiger partial charge in [-0.25, -0.2) is 8.42 Å². The lowest BCUT2D eigenvalue weighted by Gasteiger charge is -2.35. The zero-order valence-corrected chi connectivity index (χ0v) is 14.4. The molecule has 0 aromatic heterocycles. The average molecular weight is 347 g/mol. The summed E-state index contributed by atoms with van der Waals surface area (Å²) in [6.45, 7) is 6.40. The van der Waals surface area contributed by atoms with E-state index >= 15 is 0 Å². The maximum Gasteiger partial charge on any atom is 0.179 e. The molecule has 124 valence electrons. The minimum atomic E-state index is -3.26. The second-order valence-corrected chi connectivity index (χ2v) is 8.31. The van der Waals surface area contributed by atoms with Crippen LogP contribution in [0, 0.1) is 0 Å². The summed E-state index contributed by atoms with van der Waals surface area (Å²) in [4.78, 5) is 4.69. The van der Waals surface area contributed by atoms with E-state index in [-0.39, 0.29) is 11.9 Å². The minimum Gasteiger partial charge on any atom is -0.392 e. The first-order valence-electron chi connectivity index (χ1n) is 7.48. The summed E-state index contributed by atoms with van der Waals surface area (Å²) in [6, 6.07) is 6.31. The largest absolute Gasteiger partial charge is 0.392 e. The van der Waals surface area contributed by atoms with Crippen LogP contribution in [-0.4, -0.2) is 74.4 Å². The maximum atomic E-state index is 12.3. The van der Waals surface area contributed by atoms with Gasteiger partial charge in [-0.15, -0.1) is 0 Å². The average Bonchev–Trinajstić information content (AvgIpc) is 2.46. The third kappa shape index (κ3) is 5.21. The first-order chi connectivity index (χ1) is 10.4. The molecule has 0 spiro atoms. The molecule has 7 heteroatoms. The summed E-state index contributed by atoms with van der Waals surface area (Å²) in [5.41, 5.74) is 0. The number of piperazine rings is 1. The molecule has 0 radical (unpaired) electrons. The molecule has 1 aliphatic heterocycles. The van der Waals surface area contributed by atoms with Crippen molar-refractivity contribution in [3.05, 3.63) is 29.3 Å². The molecule has 1 aromatic carbocycles. The topological polar surface area (TPSA) is 60.9 Å². The molecule has 1 aliphatic rings. The summed E-state index contributed by atoms with van der Waals surface area (Å²) in [6.07, 6.45) is -0.322. The second kappa shape index (κ2) is 7.75. The fourth-order valence-electron chi connectivity index (χ4n) is 2.58. The van der Waals surface area contributed by atoms with Crippen LogP contribution < -0.4 is 0 Å². The molecule has 1 fully saturated rings. The van der Waals surface area contributed by atoms with Crippen molar-refractivity contribution in [3.8, 4) is 0 Å². The van der Waals surface area contributed by atoms with Crippen LogP contribution in [0.25, 0.3) is 0 Å². The van der Waals surface area contributed by atoms with Gasteiger partial charge in [0.15, 0.2) is 9.84 Å². The predicted octanol–water partition coefficient (Wildman–Crippen LogP) is 1.11. The molecule has 5 nitrogen and oxygen atoms in total. The summed E-state index contributed by atoms with van der Waals surface area (Å²) in [7, 11) is -3.26. The van der Waals surface area contributed by atoms with E-state index in [9.17, 15) is 13.5 Å². The zero-order valence-electron chi connectivity index (χ0n) is 12.8. The first-order valence-corrected chi connectivity index (χ1v) is 9.51. The molecular weight excluding hydrogens is 324 g/mol. The summed E-state index contributed by atoms with van der Waals surface area (Å²) >= 11 is 5.78. The van der Waals surface area contributed by atoms with Crippen LogP contribution in [0.3, 0.4) is 0 Å². The van der Waals surface area contributed by atoms with E-state index in [2.05, 4.69) is 9.80 Å². The van der Waals surface area contributed by atoms with Crippen LogP contribution in [0.2, 0.25) is 5.02 Å². The molecular formula is C15H23ClN2O3S. The van der Waals surface area contributed by atoms with E-state index in [1.807, 2.05) is 0 Å². The first kappa shape index (κ1) is 17.7. The lowest BCUT2D eigenvalue weighted by molar-refractivity contribution is 0.0832. The van der Waals surface area contributed by atoms with E-state index < -0.39 is 9.84 Å². The van der Waals surface area contributed by atoms with Crippen molar-refractivity contribution in [1.82, 2.24) is 9.80 Å². The van der Waals surface area contributed by atoms with Crippen molar-refractivity contribution < 1.29 is 13.5 Å². The smallest absolute Gasteiger partial charge is 0.179 e. The number of aliphatic hydroxyl groups excluding tert-OH is 1. The molecule has 0 saturated carbocycles. The highest BCUT2D eigenvalue weighted by Crippen LogP contribution is 2.15. The summed E-state index contributed by atoms with van der Waals surface area (Å²) in [5, 5.41) is 9.92. The van der Waals surface area contributed by atoms with Gasteiger partial charge < -0.3 is 5.11 Å². The van der Waals surface area contributed by atoms with Gasteiger partial charge in [0.1, 0.15) is 0 Å². The van der Waals surface area contributed by atoms with Crippen LogP contribution in [0.15, 0.2) is 29.2 Å². The van der Waals surface area contributed by atoms with Crippen molar-refractivity contribution in [1.29, 1.82) is 0 Å². The number of rotatable bonds is 6. The van der Waals surface area contributed by atoms with Gasteiger partial charge in [0.25, 0.3) is 0 Å². The van der Waals surface area contributed by atoms with E-state index in [0.29, 0.717) is 23.0 Å². The number of halogens is 1. The van der Waals surface area contributed by atoms with Gasteiger partial charge in [0.05, 0.1) is 16.8 Å². The fraction of sp³-hybridized carbons (Fsp3) is 0.600. The molecule has 1 heterocycles. The van der Waals surface area contributed by atoms with Gasteiger partial charge in [0, 0.05) is 44.3 Å². The Morgan fingerprint density at radius 1 is 1.14 bits per heavy atom. The van der Waals surface area contributed by atoms with Gasteiger partial charge in [-0.05, 0) is 31.2 Å². The molecule has 1 saturated heterocycles. The van der Waals surface area contributed by atoms with Crippen LogP contribution >= 0.6 is 11.6 Å². The number of sulfone groups is 1. The highest BCUT2D eigenvalue weighted by molar-refractivity contribution is 7.91. The number of hydrogen-bond donors (Lipinski definition) is 1. The maximum absolute atomic E-state index is 12.3. The van der Waals surface area contributed by atoms with Crippen molar-refractivity contribution in [3.63, 3.8) is 0 Å². The number of hydrogen-bond acceptors (Lipinski definition) is 5. The van der Waals surface area contributed by atoms with Crippen molar-refractivity contribution in [2.75, 3.05) is 45.0 Å². The molecule has 0 aliphatic carbocycles. The fourth-order valence-corrected chi connectivity index (χ4v) is 3.99. The van der Waals surface area contributed by atoms with Crippen molar-refractivity contribution in [2.24, 2.45) is 0 Å². The number of β-amino-alcohol motifs (C(OH)–C–C–N with tert-alkyl or cyclic N) is 1. The van der Waals surface area contributed by atoms with Crippen molar-refractivity contribution in [2.45, 2.75) is 17.9 Å². The molecule has 1 atom stereocenters. The molecule has 0 unspecified atom stereocenters. The Labute approximate surface area is 137 Å². The summed E-state index contributed by atoms with van der Waals surface area (Å²) in [5.74, 6) is 0.116. The van der Waals surface area contributed by atoms with Crippen LogP contribution in [-0.2, 0) is 9.84 Å². The SMILES string of the molecule is C[C@@H](O)CN1CCN(CCS(=O)(=O)c2ccc(Cl)cc2)CC1. The van der Waals surface area contributed by atoms with E-state index in [0.717, 1.165) is 26.2 Å². The third-order valence-electron chi connectivity index (χ3n) is 3.84. The van der Waals surface area contributed by atoms with Crippen molar-refractivity contribution >= 4 is 21.4 Å². The Kier molecular flexibility index (Phi) is 6.23. The predicted molar refractivity (Wildman–Crippen MR) is 88.1 cm³/mol. The Morgan fingerprint density at radius 2 is 1.68 bits per heavy atom. The highest BCUT2D eigenvalue weighted by Gasteiger charge is 2.21. The lowest BCUT2D eigenvalue weighted by Crippen LogP contribution is -2.49. The van der Waals surface area contributed by atoms with Gasteiger partial charge in [-0.2, -0.15) is 0 Å². The molecule has 1 aromatic rings. The standard InChI is InChI=1S/C15H23ClN2O3S/c1-13(19)12-18-8-6-17(7-9-18)10-11-22(20,21)15-4-2-14(16)3-5-15/h2-5,13,19H,6-12H2,1H3/t13-/m1/s1. The van der Waals surface area contributed by atoms with Crippen LogP contribution in [0.1, 0.15) is 6.92 Å². The molecule has 0 amide bonds. The third-order valence-corrected chi connectivity index (χ3v) is 5.80. The van der Waals surface area contributed by atoms with Gasteiger partial charge in [0.2, 0.25) is 0 Å². The Balaban J connectivity index is 1.82. The second-order valence-electron chi connectivity index (χ2n) is 5.76. The monoisotopic (exact) mass is 346 g/mol.